The van der Waals surface area contributed by atoms with Crippen LogP contribution in [0.15, 0.2) is 42.5 Å². The Morgan fingerprint density at radius 3 is 2.64 bits per heavy atom. The second-order valence-corrected chi connectivity index (χ2v) is 3.29. The lowest BCUT2D eigenvalue weighted by Gasteiger charge is -2.05. The number of hydrogen-bond donors (Lipinski definition) is 2. The fourth-order valence-corrected chi connectivity index (χ4v) is 1.30. The maximum Gasteiger partial charge on any atom is 0.0465 e. The van der Waals surface area contributed by atoms with Gasteiger partial charge in [0, 0.05) is 12.6 Å². The highest BCUT2D eigenvalue weighted by molar-refractivity contribution is 5.17. The van der Waals surface area contributed by atoms with E-state index in [2.05, 4.69) is 12.1 Å². The molecule has 0 aliphatic heterocycles. The van der Waals surface area contributed by atoms with Crippen LogP contribution in [0.3, 0.4) is 0 Å². The summed E-state index contributed by atoms with van der Waals surface area (Å²) in [7, 11) is 0. The van der Waals surface area contributed by atoms with Crippen LogP contribution >= 0.6 is 0 Å². The van der Waals surface area contributed by atoms with E-state index in [4.69, 9.17) is 10.8 Å². The summed E-state index contributed by atoms with van der Waals surface area (Å²) >= 11 is 0. The number of aliphatic hydroxyl groups is 1. The van der Waals surface area contributed by atoms with Gasteiger partial charge >= 0.3 is 0 Å². The lowest BCUT2D eigenvalue weighted by molar-refractivity contribution is 0.302. The third-order valence-electron chi connectivity index (χ3n) is 1.99. The Balaban J connectivity index is 2.37. The fraction of sp³-hybridized carbons (Fsp3) is 0.333. The van der Waals surface area contributed by atoms with Crippen LogP contribution in [0.2, 0.25) is 0 Å². The van der Waals surface area contributed by atoms with Crippen molar-refractivity contribution in [1.29, 1.82) is 0 Å². The second-order valence-electron chi connectivity index (χ2n) is 3.29. The van der Waals surface area contributed by atoms with E-state index in [1.165, 1.54) is 5.56 Å². The van der Waals surface area contributed by atoms with Crippen LogP contribution in [0.25, 0.3) is 0 Å². The van der Waals surface area contributed by atoms with E-state index in [0.717, 1.165) is 6.42 Å². The summed E-state index contributed by atoms with van der Waals surface area (Å²) in [5, 5.41) is 8.58. The molecular formula is C12H17NO. The summed E-state index contributed by atoms with van der Waals surface area (Å²) in [6, 6.07) is 10.2. The van der Waals surface area contributed by atoms with Crippen molar-refractivity contribution in [3.63, 3.8) is 0 Å². The normalized spacial score (nSPS) is 13.3. The summed E-state index contributed by atoms with van der Waals surface area (Å²) < 4.78 is 0. The van der Waals surface area contributed by atoms with Crippen molar-refractivity contribution >= 4 is 0 Å². The SMILES string of the molecule is NC(/C=C/CCO)Cc1ccccc1. The Morgan fingerprint density at radius 1 is 1.29 bits per heavy atom. The second kappa shape index (κ2) is 6.35. The third kappa shape index (κ3) is 4.21. The third-order valence-corrected chi connectivity index (χ3v) is 1.99. The molecule has 0 radical (unpaired) electrons. The van der Waals surface area contributed by atoms with E-state index >= 15 is 0 Å². The van der Waals surface area contributed by atoms with Gasteiger partial charge in [0.05, 0.1) is 0 Å². The lowest BCUT2D eigenvalue weighted by atomic mass is 10.1. The van der Waals surface area contributed by atoms with Crippen molar-refractivity contribution in [2.24, 2.45) is 5.73 Å². The highest BCUT2D eigenvalue weighted by atomic mass is 16.2. The van der Waals surface area contributed by atoms with Gasteiger partial charge in [0.15, 0.2) is 0 Å². The molecule has 0 aromatic heterocycles. The molecule has 0 aliphatic rings. The Labute approximate surface area is 85.1 Å². The highest BCUT2D eigenvalue weighted by Gasteiger charge is 1.98. The van der Waals surface area contributed by atoms with Crippen LogP contribution in [-0.2, 0) is 6.42 Å². The summed E-state index contributed by atoms with van der Waals surface area (Å²) in [4.78, 5) is 0. The fourth-order valence-electron chi connectivity index (χ4n) is 1.30. The van der Waals surface area contributed by atoms with Crippen molar-refractivity contribution in [2.45, 2.75) is 18.9 Å². The molecule has 0 saturated carbocycles. The van der Waals surface area contributed by atoms with Gasteiger partial charge in [-0.2, -0.15) is 0 Å². The Kier molecular flexibility index (Phi) is 4.97. The smallest absolute Gasteiger partial charge is 0.0465 e. The van der Waals surface area contributed by atoms with Crippen molar-refractivity contribution in [2.75, 3.05) is 6.61 Å². The molecule has 76 valence electrons. The van der Waals surface area contributed by atoms with E-state index in [0.29, 0.717) is 6.42 Å². The van der Waals surface area contributed by atoms with Gasteiger partial charge in [0.2, 0.25) is 0 Å². The summed E-state index contributed by atoms with van der Waals surface area (Å²) in [6.45, 7) is 0.189. The molecule has 0 aliphatic carbocycles. The summed E-state index contributed by atoms with van der Waals surface area (Å²) in [6.07, 6.45) is 5.40. The summed E-state index contributed by atoms with van der Waals surface area (Å²) in [5.41, 5.74) is 7.12. The Hall–Kier alpha value is -1.12. The molecule has 1 atom stereocenters. The molecule has 0 amide bonds. The van der Waals surface area contributed by atoms with Gasteiger partial charge in [0.1, 0.15) is 0 Å². The first-order valence-corrected chi connectivity index (χ1v) is 4.90. The van der Waals surface area contributed by atoms with E-state index < -0.39 is 0 Å². The van der Waals surface area contributed by atoms with Gasteiger partial charge in [-0.1, -0.05) is 42.5 Å². The highest BCUT2D eigenvalue weighted by Crippen LogP contribution is 2.02. The number of benzene rings is 1. The monoisotopic (exact) mass is 191 g/mol. The maximum absolute atomic E-state index is 8.58. The molecule has 1 aromatic carbocycles. The van der Waals surface area contributed by atoms with E-state index in [9.17, 15) is 0 Å². The zero-order valence-corrected chi connectivity index (χ0v) is 8.26. The quantitative estimate of drug-likeness (QED) is 0.693. The van der Waals surface area contributed by atoms with Crippen molar-refractivity contribution in [3.8, 4) is 0 Å². The van der Waals surface area contributed by atoms with E-state index in [-0.39, 0.29) is 12.6 Å². The van der Waals surface area contributed by atoms with Gasteiger partial charge in [-0.25, -0.2) is 0 Å². The van der Waals surface area contributed by atoms with Crippen molar-refractivity contribution in [3.05, 3.63) is 48.0 Å². The van der Waals surface area contributed by atoms with Gasteiger partial charge in [0.25, 0.3) is 0 Å². The molecule has 0 bridgehead atoms. The Morgan fingerprint density at radius 2 is 2.00 bits per heavy atom. The molecule has 0 fully saturated rings. The van der Waals surface area contributed by atoms with Crippen molar-refractivity contribution in [1.82, 2.24) is 0 Å². The molecule has 14 heavy (non-hydrogen) atoms. The van der Waals surface area contributed by atoms with E-state index in [1.54, 1.807) is 0 Å². The number of nitrogens with two attached hydrogens (primary N) is 1. The predicted octanol–water partition coefficient (Wildman–Crippen LogP) is 1.50. The number of hydrogen-bond acceptors (Lipinski definition) is 2. The number of aliphatic hydroxyl groups excluding tert-OH is 1. The lowest BCUT2D eigenvalue weighted by Crippen LogP contribution is -2.19. The summed E-state index contributed by atoms with van der Waals surface area (Å²) in [5.74, 6) is 0. The molecule has 1 aromatic rings. The largest absolute Gasteiger partial charge is 0.396 e. The molecular weight excluding hydrogens is 174 g/mol. The van der Waals surface area contributed by atoms with Crippen LogP contribution < -0.4 is 5.73 Å². The minimum absolute atomic E-state index is 0.0453. The van der Waals surface area contributed by atoms with Crippen LogP contribution in [0.1, 0.15) is 12.0 Å². The van der Waals surface area contributed by atoms with Crippen LogP contribution in [0.5, 0.6) is 0 Å². The Bertz CT molecular complexity index is 269. The average molecular weight is 191 g/mol. The first kappa shape index (κ1) is 11.0. The van der Waals surface area contributed by atoms with Crippen LogP contribution in [0.4, 0.5) is 0 Å². The standard InChI is InChI=1S/C12H17NO/c13-12(8-4-5-9-14)10-11-6-2-1-3-7-11/h1-4,6-8,12,14H,5,9-10,13H2/b8-4+. The minimum atomic E-state index is 0.0453. The first-order chi connectivity index (χ1) is 6.83. The van der Waals surface area contributed by atoms with Gasteiger partial charge in [-0.15, -0.1) is 0 Å². The zero-order valence-electron chi connectivity index (χ0n) is 8.26. The minimum Gasteiger partial charge on any atom is -0.396 e. The molecule has 0 spiro atoms. The average Bonchev–Trinajstić information content (AvgIpc) is 2.20. The predicted molar refractivity (Wildman–Crippen MR) is 59.0 cm³/mol. The van der Waals surface area contributed by atoms with Crippen molar-refractivity contribution < 1.29 is 5.11 Å². The number of rotatable bonds is 5. The molecule has 2 nitrogen and oxygen atoms in total. The van der Waals surface area contributed by atoms with E-state index in [1.807, 2.05) is 30.4 Å². The molecule has 0 saturated heterocycles. The van der Waals surface area contributed by atoms with Gasteiger partial charge in [-0.3, -0.25) is 0 Å². The zero-order chi connectivity index (χ0) is 10.2. The maximum atomic E-state index is 8.58. The first-order valence-electron chi connectivity index (χ1n) is 4.90. The molecule has 0 heterocycles. The molecule has 1 rings (SSSR count). The van der Waals surface area contributed by atoms with Gasteiger partial charge in [-0.05, 0) is 18.4 Å². The van der Waals surface area contributed by atoms with Crippen LogP contribution in [0, 0.1) is 0 Å². The molecule has 1 unspecified atom stereocenters. The molecule has 3 N–H and O–H groups in total. The topological polar surface area (TPSA) is 46.2 Å². The van der Waals surface area contributed by atoms with Gasteiger partial charge < -0.3 is 10.8 Å². The molecule has 2 heteroatoms. The van der Waals surface area contributed by atoms with Crippen LogP contribution in [-0.4, -0.2) is 17.8 Å².